The minimum atomic E-state index is -0.902. The molecule has 0 radical (unpaired) electrons. The highest BCUT2D eigenvalue weighted by Gasteiger charge is 2.28. The molecule has 0 fully saturated rings. The number of hydrogen-bond donors (Lipinski definition) is 1. The Hall–Kier alpha value is -1.06. The molecular weight excluding hydrogens is 238 g/mol. The second-order valence-corrected chi connectivity index (χ2v) is 4.81. The van der Waals surface area contributed by atoms with E-state index in [9.17, 15) is 4.79 Å². The molecule has 0 saturated carbocycles. The Bertz CT molecular complexity index is 374. The predicted octanol–water partition coefficient (Wildman–Crippen LogP) is 2.90. The number of carbonyl (C=O) groups excluding carboxylic acids is 1. The molecule has 0 heterocycles. The van der Waals surface area contributed by atoms with E-state index in [1.165, 1.54) is 0 Å². The number of carbonyl (C=O) groups is 1. The lowest BCUT2D eigenvalue weighted by Gasteiger charge is -2.21. The van der Waals surface area contributed by atoms with Gasteiger partial charge in [0.1, 0.15) is 12.1 Å². The molecule has 2 N–H and O–H groups in total. The fraction of sp³-hybridized carbons (Fsp3) is 0.462. The number of rotatable bonds is 5. The highest BCUT2D eigenvalue weighted by molar-refractivity contribution is 6.30. The topological polar surface area (TPSA) is 52.3 Å². The first kappa shape index (κ1) is 14.0. The minimum Gasteiger partial charge on any atom is -0.459 e. The monoisotopic (exact) mass is 255 g/mol. The molecule has 1 unspecified atom stereocenters. The summed E-state index contributed by atoms with van der Waals surface area (Å²) in [6, 6.07) is 7.17. The highest BCUT2D eigenvalue weighted by Crippen LogP contribution is 2.14. The van der Waals surface area contributed by atoms with Crippen molar-refractivity contribution >= 4 is 17.6 Å². The number of halogens is 1. The number of benzene rings is 1. The van der Waals surface area contributed by atoms with Crippen molar-refractivity contribution in [1.82, 2.24) is 0 Å². The highest BCUT2D eigenvalue weighted by atomic mass is 35.5. The van der Waals surface area contributed by atoms with E-state index >= 15 is 0 Å². The van der Waals surface area contributed by atoms with Crippen LogP contribution in [0.1, 0.15) is 32.3 Å². The first-order valence-corrected chi connectivity index (χ1v) is 6.04. The molecule has 1 aromatic rings. The molecule has 17 heavy (non-hydrogen) atoms. The van der Waals surface area contributed by atoms with Gasteiger partial charge in [0.2, 0.25) is 0 Å². The lowest BCUT2D eigenvalue weighted by atomic mass is 9.98. The third kappa shape index (κ3) is 4.36. The fourth-order valence-electron chi connectivity index (χ4n) is 1.52. The van der Waals surface area contributed by atoms with E-state index in [1.54, 1.807) is 19.1 Å². The van der Waals surface area contributed by atoms with Crippen LogP contribution in [0.4, 0.5) is 0 Å². The van der Waals surface area contributed by atoms with Crippen LogP contribution in [0.2, 0.25) is 5.02 Å². The lowest BCUT2D eigenvalue weighted by Crippen LogP contribution is -2.45. The van der Waals surface area contributed by atoms with Crippen molar-refractivity contribution in [3.8, 4) is 0 Å². The van der Waals surface area contributed by atoms with Crippen molar-refractivity contribution < 1.29 is 9.53 Å². The molecule has 0 aromatic heterocycles. The second kappa shape index (κ2) is 6.03. The molecule has 0 saturated heterocycles. The third-order valence-electron chi connectivity index (χ3n) is 2.52. The van der Waals surface area contributed by atoms with E-state index in [-0.39, 0.29) is 12.6 Å². The van der Waals surface area contributed by atoms with E-state index in [4.69, 9.17) is 22.1 Å². The average Bonchev–Trinajstić information content (AvgIpc) is 2.27. The summed E-state index contributed by atoms with van der Waals surface area (Å²) in [5, 5.41) is 0.662. The van der Waals surface area contributed by atoms with Crippen LogP contribution in [0, 0.1) is 0 Å². The van der Waals surface area contributed by atoms with Gasteiger partial charge in [-0.25, -0.2) is 0 Å². The van der Waals surface area contributed by atoms with Crippen LogP contribution < -0.4 is 5.73 Å². The molecule has 0 aliphatic heterocycles. The van der Waals surface area contributed by atoms with Gasteiger partial charge in [-0.15, -0.1) is 0 Å². The number of ether oxygens (including phenoxy) is 1. The summed E-state index contributed by atoms with van der Waals surface area (Å²) in [4.78, 5) is 11.7. The zero-order valence-corrected chi connectivity index (χ0v) is 11.0. The van der Waals surface area contributed by atoms with Crippen LogP contribution in [-0.2, 0) is 16.1 Å². The van der Waals surface area contributed by atoms with Gasteiger partial charge in [-0.3, -0.25) is 4.79 Å². The predicted molar refractivity (Wildman–Crippen MR) is 68.7 cm³/mol. The molecule has 1 aromatic carbocycles. The summed E-state index contributed by atoms with van der Waals surface area (Å²) < 4.78 is 5.18. The maximum Gasteiger partial charge on any atom is 0.326 e. The molecule has 1 rings (SSSR count). The summed E-state index contributed by atoms with van der Waals surface area (Å²) in [5.41, 5.74) is 5.86. The number of esters is 1. The second-order valence-electron chi connectivity index (χ2n) is 4.37. The van der Waals surface area contributed by atoms with Gasteiger partial charge in [-0.05, 0) is 31.0 Å². The smallest absolute Gasteiger partial charge is 0.326 e. The van der Waals surface area contributed by atoms with E-state index in [2.05, 4.69) is 0 Å². The molecule has 0 spiro atoms. The average molecular weight is 256 g/mol. The number of nitrogens with two attached hydrogens (primary N) is 1. The Morgan fingerprint density at radius 1 is 1.41 bits per heavy atom. The van der Waals surface area contributed by atoms with Crippen molar-refractivity contribution in [1.29, 1.82) is 0 Å². The standard InChI is InChI=1S/C13H18ClNO2/c1-3-8-13(2,15)12(16)17-9-10-4-6-11(14)7-5-10/h4-7H,3,8-9,15H2,1-2H3. The first-order chi connectivity index (χ1) is 7.95. The quantitative estimate of drug-likeness (QED) is 0.823. The fourth-order valence-corrected chi connectivity index (χ4v) is 1.64. The van der Waals surface area contributed by atoms with Crippen molar-refractivity contribution in [3.05, 3.63) is 34.9 Å². The Morgan fingerprint density at radius 3 is 2.53 bits per heavy atom. The summed E-state index contributed by atoms with van der Waals surface area (Å²) in [6.07, 6.45) is 1.47. The maximum atomic E-state index is 11.7. The summed E-state index contributed by atoms with van der Waals surface area (Å²) in [7, 11) is 0. The molecule has 0 bridgehead atoms. The van der Waals surface area contributed by atoms with E-state index in [0.717, 1.165) is 12.0 Å². The molecule has 0 amide bonds. The molecular formula is C13H18ClNO2. The Kier molecular flexibility index (Phi) is 4.97. The Balaban J connectivity index is 2.50. The van der Waals surface area contributed by atoms with E-state index in [1.807, 2.05) is 19.1 Å². The SMILES string of the molecule is CCCC(C)(N)C(=O)OCc1ccc(Cl)cc1. The van der Waals surface area contributed by atoms with E-state index < -0.39 is 5.54 Å². The molecule has 3 nitrogen and oxygen atoms in total. The van der Waals surface area contributed by atoms with Gasteiger partial charge in [-0.2, -0.15) is 0 Å². The van der Waals surface area contributed by atoms with Crippen LogP contribution in [0.15, 0.2) is 24.3 Å². The zero-order valence-electron chi connectivity index (χ0n) is 10.2. The normalized spacial score (nSPS) is 14.1. The van der Waals surface area contributed by atoms with Gasteiger partial charge in [0.25, 0.3) is 0 Å². The van der Waals surface area contributed by atoms with Crippen molar-refractivity contribution in [2.75, 3.05) is 0 Å². The van der Waals surface area contributed by atoms with Gasteiger partial charge in [-0.1, -0.05) is 37.1 Å². The third-order valence-corrected chi connectivity index (χ3v) is 2.77. The van der Waals surface area contributed by atoms with Crippen molar-refractivity contribution in [2.24, 2.45) is 5.73 Å². The largest absolute Gasteiger partial charge is 0.459 e. The molecule has 0 aliphatic carbocycles. The van der Waals surface area contributed by atoms with Crippen LogP contribution in [0.3, 0.4) is 0 Å². The summed E-state index contributed by atoms with van der Waals surface area (Å²) in [6.45, 7) is 3.91. The first-order valence-electron chi connectivity index (χ1n) is 5.66. The van der Waals surface area contributed by atoms with Gasteiger partial charge < -0.3 is 10.5 Å². The molecule has 94 valence electrons. The van der Waals surface area contributed by atoms with Crippen molar-refractivity contribution in [3.63, 3.8) is 0 Å². The van der Waals surface area contributed by atoms with E-state index in [0.29, 0.717) is 11.4 Å². The summed E-state index contributed by atoms with van der Waals surface area (Å²) in [5.74, 6) is -0.366. The van der Waals surface area contributed by atoms with Crippen LogP contribution in [0.25, 0.3) is 0 Å². The van der Waals surface area contributed by atoms with Crippen LogP contribution in [-0.4, -0.2) is 11.5 Å². The maximum absolute atomic E-state index is 11.7. The van der Waals surface area contributed by atoms with Gasteiger partial charge in [0, 0.05) is 5.02 Å². The Labute approximate surface area is 107 Å². The molecule has 4 heteroatoms. The lowest BCUT2D eigenvalue weighted by molar-refractivity contribution is -0.151. The van der Waals surface area contributed by atoms with Crippen LogP contribution >= 0.6 is 11.6 Å². The van der Waals surface area contributed by atoms with Gasteiger partial charge in [0.05, 0.1) is 0 Å². The zero-order chi connectivity index (χ0) is 12.9. The minimum absolute atomic E-state index is 0.229. The Morgan fingerprint density at radius 2 is 2.00 bits per heavy atom. The van der Waals surface area contributed by atoms with Gasteiger partial charge in [0.15, 0.2) is 0 Å². The van der Waals surface area contributed by atoms with Crippen LogP contribution in [0.5, 0.6) is 0 Å². The van der Waals surface area contributed by atoms with Gasteiger partial charge >= 0.3 is 5.97 Å². The molecule has 1 atom stereocenters. The summed E-state index contributed by atoms with van der Waals surface area (Å²) >= 11 is 5.76. The molecule has 0 aliphatic rings. The number of hydrogen-bond acceptors (Lipinski definition) is 3. The van der Waals surface area contributed by atoms with Crippen molar-refractivity contribution in [2.45, 2.75) is 38.8 Å².